The van der Waals surface area contributed by atoms with Gasteiger partial charge < -0.3 is 9.72 Å². The van der Waals surface area contributed by atoms with Gasteiger partial charge in [-0.05, 0) is 43.4 Å². The van der Waals surface area contributed by atoms with Gasteiger partial charge in [-0.1, -0.05) is 12.1 Å². The van der Waals surface area contributed by atoms with E-state index in [-0.39, 0.29) is 5.82 Å². The second-order valence-corrected chi connectivity index (χ2v) is 4.52. The van der Waals surface area contributed by atoms with Crippen molar-refractivity contribution in [2.45, 2.75) is 25.7 Å². The molecule has 0 aliphatic heterocycles. The Morgan fingerprint density at radius 3 is 2.47 bits per heavy atom. The summed E-state index contributed by atoms with van der Waals surface area (Å²) < 4.78 is 18.3. The number of aromatic amines is 1. The molecule has 0 spiro atoms. The number of aryl methyl sites for hydroxylation is 2. The fourth-order valence-corrected chi connectivity index (χ4v) is 1.92. The van der Waals surface area contributed by atoms with Crippen LogP contribution in [-0.4, -0.2) is 23.2 Å². The standard InChI is InChI=1S/C15H19FN2O/c16-14-7-5-13(6-8-14)3-1-9-19-10-2-4-15-11-17-12-18-15/h5-8,11-12H,1-4,9-10H2,(H,17,18). The Labute approximate surface area is 112 Å². The van der Waals surface area contributed by atoms with Crippen molar-refractivity contribution in [3.63, 3.8) is 0 Å². The van der Waals surface area contributed by atoms with Gasteiger partial charge in [-0.2, -0.15) is 0 Å². The summed E-state index contributed by atoms with van der Waals surface area (Å²) in [6.45, 7) is 1.52. The van der Waals surface area contributed by atoms with Crippen molar-refractivity contribution >= 4 is 0 Å². The zero-order chi connectivity index (χ0) is 13.3. The highest BCUT2D eigenvalue weighted by atomic mass is 19.1. The number of ether oxygens (including phenoxy) is 1. The molecular weight excluding hydrogens is 243 g/mol. The zero-order valence-electron chi connectivity index (χ0n) is 10.9. The minimum absolute atomic E-state index is 0.182. The maximum atomic E-state index is 12.7. The molecule has 19 heavy (non-hydrogen) atoms. The number of hydrogen-bond donors (Lipinski definition) is 1. The number of rotatable bonds is 8. The van der Waals surface area contributed by atoms with Gasteiger partial charge in [-0.15, -0.1) is 0 Å². The van der Waals surface area contributed by atoms with Crippen LogP contribution in [0.15, 0.2) is 36.8 Å². The van der Waals surface area contributed by atoms with Crippen LogP contribution in [0.4, 0.5) is 4.39 Å². The lowest BCUT2D eigenvalue weighted by Gasteiger charge is -2.04. The molecule has 1 aromatic carbocycles. The van der Waals surface area contributed by atoms with Crippen LogP contribution in [0.5, 0.6) is 0 Å². The molecule has 4 heteroatoms. The minimum Gasteiger partial charge on any atom is -0.381 e. The first-order valence-corrected chi connectivity index (χ1v) is 6.64. The number of aromatic nitrogens is 2. The Balaban J connectivity index is 1.49. The Morgan fingerprint density at radius 1 is 1.05 bits per heavy atom. The van der Waals surface area contributed by atoms with E-state index in [1.54, 1.807) is 6.33 Å². The number of H-pyrrole nitrogens is 1. The highest BCUT2D eigenvalue weighted by molar-refractivity contribution is 5.15. The number of benzene rings is 1. The molecule has 3 nitrogen and oxygen atoms in total. The second kappa shape index (κ2) is 7.69. The SMILES string of the molecule is Fc1ccc(CCCOCCCc2cnc[nH]2)cc1. The van der Waals surface area contributed by atoms with Gasteiger partial charge in [0.15, 0.2) is 0 Å². The molecule has 0 aliphatic rings. The number of imidazole rings is 1. The summed E-state index contributed by atoms with van der Waals surface area (Å²) in [5.74, 6) is -0.182. The van der Waals surface area contributed by atoms with Crippen LogP contribution >= 0.6 is 0 Å². The second-order valence-electron chi connectivity index (χ2n) is 4.52. The van der Waals surface area contributed by atoms with E-state index in [1.165, 1.54) is 12.1 Å². The van der Waals surface area contributed by atoms with Gasteiger partial charge in [0, 0.05) is 25.1 Å². The van der Waals surface area contributed by atoms with E-state index in [2.05, 4.69) is 9.97 Å². The van der Waals surface area contributed by atoms with Gasteiger partial charge in [0.05, 0.1) is 6.33 Å². The van der Waals surface area contributed by atoms with E-state index in [4.69, 9.17) is 4.74 Å². The number of nitrogens with zero attached hydrogens (tertiary/aromatic N) is 1. The topological polar surface area (TPSA) is 37.9 Å². The van der Waals surface area contributed by atoms with E-state index in [9.17, 15) is 4.39 Å². The third-order valence-corrected chi connectivity index (χ3v) is 2.96. The smallest absolute Gasteiger partial charge is 0.123 e. The fourth-order valence-electron chi connectivity index (χ4n) is 1.92. The first-order valence-electron chi connectivity index (χ1n) is 6.64. The molecule has 0 aliphatic carbocycles. The van der Waals surface area contributed by atoms with E-state index in [0.717, 1.165) is 50.2 Å². The van der Waals surface area contributed by atoms with Crippen LogP contribution in [0.2, 0.25) is 0 Å². The van der Waals surface area contributed by atoms with Crippen molar-refractivity contribution in [2.24, 2.45) is 0 Å². The predicted molar refractivity (Wildman–Crippen MR) is 72.4 cm³/mol. The molecule has 1 aromatic heterocycles. The summed E-state index contributed by atoms with van der Waals surface area (Å²) in [6, 6.07) is 6.66. The lowest BCUT2D eigenvalue weighted by Crippen LogP contribution is -2.00. The molecule has 2 aromatic rings. The number of nitrogens with one attached hydrogen (secondary N) is 1. The monoisotopic (exact) mass is 262 g/mol. The van der Waals surface area contributed by atoms with Crippen LogP contribution in [0.25, 0.3) is 0 Å². The highest BCUT2D eigenvalue weighted by Gasteiger charge is 1.96. The zero-order valence-corrected chi connectivity index (χ0v) is 10.9. The summed E-state index contributed by atoms with van der Waals surface area (Å²) in [7, 11) is 0. The number of halogens is 1. The maximum Gasteiger partial charge on any atom is 0.123 e. The molecule has 1 heterocycles. The van der Waals surface area contributed by atoms with Gasteiger partial charge in [0.25, 0.3) is 0 Å². The molecule has 1 N–H and O–H groups in total. The van der Waals surface area contributed by atoms with Crippen molar-refractivity contribution in [3.05, 3.63) is 53.9 Å². The van der Waals surface area contributed by atoms with Crippen LogP contribution in [0.3, 0.4) is 0 Å². The van der Waals surface area contributed by atoms with Crippen LogP contribution in [0, 0.1) is 5.82 Å². The molecule has 0 bridgehead atoms. The first-order chi connectivity index (χ1) is 9.34. The van der Waals surface area contributed by atoms with Crippen molar-refractivity contribution in [1.82, 2.24) is 9.97 Å². The van der Waals surface area contributed by atoms with Crippen LogP contribution in [0.1, 0.15) is 24.1 Å². The van der Waals surface area contributed by atoms with Crippen molar-refractivity contribution in [3.8, 4) is 0 Å². The van der Waals surface area contributed by atoms with Crippen molar-refractivity contribution in [1.29, 1.82) is 0 Å². The summed E-state index contributed by atoms with van der Waals surface area (Å²) in [5.41, 5.74) is 2.30. The molecular formula is C15H19FN2O. The molecule has 0 saturated heterocycles. The van der Waals surface area contributed by atoms with Gasteiger partial charge in [-0.25, -0.2) is 9.37 Å². The highest BCUT2D eigenvalue weighted by Crippen LogP contribution is 2.05. The Hall–Kier alpha value is -1.68. The maximum absolute atomic E-state index is 12.7. The molecule has 0 unspecified atom stereocenters. The van der Waals surface area contributed by atoms with E-state index in [1.807, 2.05) is 18.3 Å². The number of hydrogen-bond acceptors (Lipinski definition) is 2. The van der Waals surface area contributed by atoms with E-state index in [0.29, 0.717) is 0 Å². The Bertz CT molecular complexity index is 454. The Kier molecular flexibility index (Phi) is 5.56. The van der Waals surface area contributed by atoms with E-state index >= 15 is 0 Å². The van der Waals surface area contributed by atoms with E-state index < -0.39 is 0 Å². The summed E-state index contributed by atoms with van der Waals surface area (Å²) >= 11 is 0. The molecule has 2 rings (SSSR count). The van der Waals surface area contributed by atoms with Gasteiger partial charge >= 0.3 is 0 Å². The Morgan fingerprint density at radius 2 is 1.79 bits per heavy atom. The third kappa shape index (κ3) is 5.22. The van der Waals surface area contributed by atoms with Gasteiger partial charge in [0.1, 0.15) is 5.82 Å². The molecule has 0 saturated carbocycles. The van der Waals surface area contributed by atoms with Crippen molar-refractivity contribution < 1.29 is 9.13 Å². The lowest BCUT2D eigenvalue weighted by atomic mass is 10.1. The normalized spacial score (nSPS) is 10.8. The molecule has 0 radical (unpaired) electrons. The summed E-state index contributed by atoms with van der Waals surface area (Å²) in [5, 5.41) is 0. The molecule has 0 amide bonds. The van der Waals surface area contributed by atoms with Gasteiger partial charge in [0.2, 0.25) is 0 Å². The quantitative estimate of drug-likeness (QED) is 0.742. The molecule has 0 atom stereocenters. The first kappa shape index (κ1) is 13.7. The van der Waals surface area contributed by atoms with Gasteiger partial charge in [-0.3, -0.25) is 0 Å². The van der Waals surface area contributed by atoms with Crippen molar-refractivity contribution in [2.75, 3.05) is 13.2 Å². The van der Waals surface area contributed by atoms with Crippen LogP contribution in [-0.2, 0) is 17.6 Å². The largest absolute Gasteiger partial charge is 0.381 e. The average Bonchev–Trinajstić information content (AvgIpc) is 2.93. The molecule has 0 fully saturated rings. The average molecular weight is 262 g/mol. The lowest BCUT2D eigenvalue weighted by molar-refractivity contribution is 0.129. The summed E-state index contributed by atoms with van der Waals surface area (Å²) in [4.78, 5) is 7.04. The predicted octanol–water partition coefficient (Wildman–Crippen LogP) is 3.13. The minimum atomic E-state index is -0.182. The summed E-state index contributed by atoms with van der Waals surface area (Å²) in [6.07, 6.45) is 7.40. The molecule has 102 valence electrons. The fraction of sp³-hybridized carbons (Fsp3) is 0.400. The third-order valence-electron chi connectivity index (χ3n) is 2.96. The van der Waals surface area contributed by atoms with Crippen LogP contribution < -0.4 is 0 Å².